The zero-order valence-corrected chi connectivity index (χ0v) is 10.7. The molecule has 1 aromatic heterocycles. The van der Waals surface area contributed by atoms with Crippen LogP contribution in [0.1, 0.15) is 12.6 Å². The van der Waals surface area contributed by atoms with Gasteiger partial charge in [-0.15, -0.1) is 0 Å². The van der Waals surface area contributed by atoms with E-state index < -0.39 is 0 Å². The monoisotopic (exact) mass is 243 g/mol. The lowest BCUT2D eigenvalue weighted by molar-refractivity contribution is 0.0363. The summed E-state index contributed by atoms with van der Waals surface area (Å²) in [7, 11) is 3.29. The fraction of sp³-hybridized carbons (Fsp3) is 0.727. The summed E-state index contributed by atoms with van der Waals surface area (Å²) in [5.74, 6) is 0. The Balaban J connectivity index is 2.32. The van der Waals surface area contributed by atoms with Crippen LogP contribution in [0.2, 0.25) is 0 Å². The Hall–Kier alpha value is -1.11. The van der Waals surface area contributed by atoms with Crippen LogP contribution in [0.3, 0.4) is 0 Å². The van der Waals surface area contributed by atoms with Gasteiger partial charge in [-0.1, -0.05) is 6.92 Å². The lowest BCUT2D eigenvalue weighted by atomic mass is 10.4. The van der Waals surface area contributed by atoms with Crippen LogP contribution in [0.15, 0.2) is 10.7 Å². The Morgan fingerprint density at radius 2 is 2.29 bits per heavy atom. The third kappa shape index (κ3) is 5.16. The minimum absolute atomic E-state index is 0.0101. The summed E-state index contributed by atoms with van der Waals surface area (Å²) in [4.78, 5) is 4.28. The largest absolute Gasteiger partial charge is 0.432 e. The van der Waals surface area contributed by atoms with Crippen LogP contribution in [-0.2, 0) is 16.0 Å². The van der Waals surface area contributed by atoms with Gasteiger partial charge >= 0.3 is 0 Å². The van der Waals surface area contributed by atoms with Gasteiger partial charge in [0.05, 0.1) is 18.4 Å². The molecule has 0 saturated carbocycles. The minimum Gasteiger partial charge on any atom is -0.432 e. The predicted molar refractivity (Wildman–Crippen MR) is 65.0 cm³/mol. The van der Waals surface area contributed by atoms with E-state index in [4.69, 9.17) is 13.9 Å². The van der Waals surface area contributed by atoms with Crippen LogP contribution in [0.25, 0.3) is 0 Å². The van der Waals surface area contributed by atoms with Crippen molar-refractivity contribution >= 4 is 6.01 Å². The maximum absolute atomic E-state index is 5.28. The second kappa shape index (κ2) is 8.05. The normalized spacial score (nSPS) is 12.6. The van der Waals surface area contributed by atoms with E-state index in [9.17, 15) is 0 Å². The summed E-state index contributed by atoms with van der Waals surface area (Å²) in [6.07, 6.45) is 1.63. The molecule has 0 aliphatic carbocycles. The second-order valence-corrected chi connectivity index (χ2v) is 3.62. The Kier molecular flexibility index (Phi) is 6.61. The van der Waals surface area contributed by atoms with E-state index in [-0.39, 0.29) is 6.10 Å². The lowest BCUT2D eigenvalue weighted by Crippen LogP contribution is -2.26. The number of hydrogen-bond donors (Lipinski definition) is 2. The summed E-state index contributed by atoms with van der Waals surface area (Å²) in [6.45, 7) is 4.82. The van der Waals surface area contributed by atoms with Crippen molar-refractivity contribution in [1.82, 2.24) is 10.3 Å². The van der Waals surface area contributed by atoms with Crippen LogP contribution in [0, 0.1) is 0 Å². The molecule has 6 nitrogen and oxygen atoms in total. The van der Waals surface area contributed by atoms with Crippen molar-refractivity contribution < 1.29 is 13.9 Å². The number of aromatic nitrogens is 1. The van der Waals surface area contributed by atoms with Crippen molar-refractivity contribution in [2.24, 2.45) is 0 Å². The molecule has 1 rings (SSSR count). The molecule has 6 heteroatoms. The summed E-state index contributed by atoms with van der Waals surface area (Å²) in [5, 5.41) is 6.25. The minimum atomic E-state index is -0.0101. The highest BCUT2D eigenvalue weighted by Crippen LogP contribution is 2.07. The molecule has 0 aromatic carbocycles. The molecule has 1 unspecified atom stereocenters. The lowest BCUT2D eigenvalue weighted by Gasteiger charge is -2.13. The van der Waals surface area contributed by atoms with Crippen LogP contribution >= 0.6 is 0 Å². The van der Waals surface area contributed by atoms with Gasteiger partial charge in [-0.2, -0.15) is 4.98 Å². The zero-order chi connectivity index (χ0) is 12.5. The van der Waals surface area contributed by atoms with Crippen LogP contribution in [0.5, 0.6) is 0 Å². The molecule has 2 N–H and O–H groups in total. The van der Waals surface area contributed by atoms with Gasteiger partial charge in [0.1, 0.15) is 6.26 Å². The average molecular weight is 243 g/mol. The summed E-state index contributed by atoms with van der Waals surface area (Å²) >= 11 is 0. The molecular weight excluding hydrogens is 222 g/mol. The molecule has 0 spiro atoms. The quantitative estimate of drug-likeness (QED) is 0.670. The molecule has 1 atom stereocenters. The van der Waals surface area contributed by atoms with Gasteiger partial charge in [0.15, 0.2) is 0 Å². The van der Waals surface area contributed by atoms with E-state index in [0.717, 1.165) is 12.2 Å². The molecule has 98 valence electrons. The highest BCUT2D eigenvalue weighted by atomic mass is 16.5. The molecule has 0 saturated heterocycles. The van der Waals surface area contributed by atoms with Crippen LogP contribution in [-0.4, -0.2) is 45.0 Å². The molecule has 1 aromatic rings. The molecule has 17 heavy (non-hydrogen) atoms. The predicted octanol–water partition coefficient (Wildman–Crippen LogP) is 0.857. The van der Waals surface area contributed by atoms with Gasteiger partial charge in [-0.25, -0.2) is 0 Å². The maximum atomic E-state index is 5.28. The first kappa shape index (κ1) is 14.0. The molecule has 0 aliphatic rings. The van der Waals surface area contributed by atoms with Crippen molar-refractivity contribution in [2.45, 2.75) is 19.6 Å². The van der Waals surface area contributed by atoms with Gasteiger partial charge < -0.3 is 24.5 Å². The third-order valence-corrected chi connectivity index (χ3v) is 2.27. The van der Waals surface area contributed by atoms with E-state index in [2.05, 4.69) is 15.6 Å². The van der Waals surface area contributed by atoms with E-state index in [1.54, 1.807) is 20.5 Å². The number of nitrogens with zero attached hydrogens (tertiary/aromatic N) is 1. The fourth-order valence-corrected chi connectivity index (χ4v) is 1.32. The van der Waals surface area contributed by atoms with Crippen molar-refractivity contribution in [1.29, 1.82) is 0 Å². The molecule has 0 amide bonds. The molecule has 0 bridgehead atoms. The van der Waals surface area contributed by atoms with Crippen molar-refractivity contribution in [3.05, 3.63) is 12.0 Å². The molecule has 0 fully saturated rings. The number of anilines is 1. The Labute approximate surface area is 102 Å². The first-order valence-corrected chi connectivity index (χ1v) is 5.70. The van der Waals surface area contributed by atoms with Crippen molar-refractivity contribution in [3.63, 3.8) is 0 Å². The first-order chi connectivity index (χ1) is 8.30. The summed E-state index contributed by atoms with van der Waals surface area (Å²) < 4.78 is 15.5. The van der Waals surface area contributed by atoms with E-state index >= 15 is 0 Å². The number of nitrogens with one attached hydrogen (secondary N) is 2. The smallest absolute Gasteiger partial charge is 0.294 e. The number of hydrogen-bond acceptors (Lipinski definition) is 6. The van der Waals surface area contributed by atoms with Gasteiger partial charge in [-0.05, 0) is 6.54 Å². The van der Waals surface area contributed by atoms with Gasteiger partial charge in [0.2, 0.25) is 0 Å². The number of methoxy groups -OCH3 is 2. The number of rotatable bonds is 9. The molecule has 1 heterocycles. The van der Waals surface area contributed by atoms with Gasteiger partial charge in [-0.3, -0.25) is 0 Å². The summed E-state index contributed by atoms with van der Waals surface area (Å²) in [6, 6.07) is 0.510. The van der Waals surface area contributed by atoms with Crippen LogP contribution in [0.4, 0.5) is 6.01 Å². The third-order valence-electron chi connectivity index (χ3n) is 2.27. The van der Waals surface area contributed by atoms with Crippen molar-refractivity contribution in [2.75, 3.05) is 39.2 Å². The topological polar surface area (TPSA) is 68.6 Å². The van der Waals surface area contributed by atoms with E-state index in [0.29, 0.717) is 25.7 Å². The molecular formula is C11H21N3O3. The van der Waals surface area contributed by atoms with E-state index in [1.165, 1.54) is 0 Å². The molecule has 0 radical (unpaired) electrons. The Morgan fingerprint density at radius 1 is 1.47 bits per heavy atom. The summed E-state index contributed by atoms with van der Waals surface area (Å²) in [5.41, 5.74) is 0.884. The van der Waals surface area contributed by atoms with Crippen molar-refractivity contribution in [3.8, 4) is 0 Å². The van der Waals surface area contributed by atoms with Gasteiger partial charge in [0, 0.05) is 27.3 Å². The fourth-order valence-electron chi connectivity index (χ4n) is 1.32. The Bertz CT molecular complexity index is 304. The highest BCUT2D eigenvalue weighted by Gasteiger charge is 2.09. The molecule has 0 aliphatic heterocycles. The maximum Gasteiger partial charge on any atom is 0.294 e. The Morgan fingerprint density at radius 3 is 2.94 bits per heavy atom. The van der Waals surface area contributed by atoms with Crippen LogP contribution < -0.4 is 10.6 Å². The highest BCUT2D eigenvalue weighted by molar-refractivity contribution is 5.21. The number of oxazole rings is 1. The SMILES string of the molecule is CCNCc1coc(NCC(COC)OC)n1. The van der Waals surface area contributed by atoms with Gasteiger partial charge in [0.25, 0.3) is 6.01 Å². The zero-order valence-electron chi connectivity index (χ0n) is 10.7. The number of ether oxygens (including phenoxy) is 2. The second-order valence-electron chi connectivity index (χ2n) is 3.62. The average Bonchev–Trinajstić information content (AvgIpc) is 2.80. The standard InChI is InChI=1S/C11H21N3O3/c1-4-12-5-9-7-17-11(14-9)13-6-10(16-3)8-15-2/h7,10,12H,4-6,8H2,1-3H3,(H,13,14). The van der Waals surface area contributed by atoms with E-state index in [1.807, 2.05) is 6.92 Å². The first-order valence-electron chi connectivity index (χ1n) is 5.70.